The molecule has 3 heterocycles. The highest BCUT2D eigenvalue weighted by Gasteiger charge is 2.55. The quantitative estimate of drug-likeness (QED) is 0.585. The molecular weight excluding hydrogens is 438 g/mol. The third-order valence-corrected chi connectivity index (χ3v) is 10.2. The van der Waals surface area contributed by atoms with Crippen molar-refractivity contribution in [2.24, 2.45) is 5.41 Å². The molecule has 0 bridgehead atoms. The molecule has 4 rings (SSSR count). The van der Waals surface area contributed by atoms with E-state index in [4.69, 9.17) is 4.74 Å². The van der Waals surface area contributed by atoms with Gasteiger partial charge in [-0.05, 0) is 51.5 Å². The molecule has 3 aliphatic heterocycles. The lowest BCUT2D eigenvalue weighted by Gasteiger charge is -2.42. The van der Waals surface area contributed by atoms with E-state index in [2.05, 4.69) is 28.1 Å². The molecule has 10 heteroatoms. The minimum atomic E-state index is -3.58. The number of nitrogens with one attached hydrogen (secondary N) is 1. The van der Waals surface area contributed by atoms with Gasteiger partial charge in [-0.2, -0.15) is 4.31 Å². The molecule has 1 spiro atoms. The monoisotopic (exact) mass is 471 g/mol. The van der Waals surface area contributed by atoms with E-state index in [-0.39, 0.29) is 30.0 Å². The fraction of sp³-hybridized carbons (Fsp3) is 0.714. The maximum atomic E-state index is 13.0. The van der Waals surface area contributed by atoms with Crippen LogP contribution in [0.3, 0.4) is 0 Å². The summed E-state index contributed by atoms with van der Waals surface area (Å²) in [5.41, 5.74) is 2.23. The van der Waals surface area contributed by atoms with Gasteiger partial charge in [0.25, 0.3) is 0 Å². The number of hydrogen-bond acceptors (Lipinski definition) is 6. The lowest BCUT2D eigenvalue weighted by molar-refractivity contribution is 0.0583. The molecular formula is C21H33N3O5S2. The van der Waals surface area contributed by atoms with E-state index in [1.165, 1.54) is 9.88 Å². The summed E-state index contributed by atoms with van der Waals surface area (Å²) in [6, 6.07) is 0. The summed E-state index contributed by atoms with van der Waals surface area (Å²) < 4.78 is 60.0. The van der Waals surface area contributed by atoms with Gasteiger partial charge in [0, 0.05) is 31.9 Å². The van der Waals surface area contributed by atoms with E-state index in [0.717, 1.165) is 50.0 Å². The van der Waals surface area contributed by atoms with Crippen molar-refractivity contribution in [1.29, 1.82) is 0 Å². The fourth-order valence-electron chi connectivity index (χ4n) is 5.20. The van der Waals surface area contributed by atoms with Crippen LogP contribution in [0.5, 0.6) is 0 Å². The smallest absolute Gasteiger partial charge is 0.216 e. The highest BCUT2D eigenvalue weighted by Crippen LogP contribution is 2.59. The number of rotatable bonds is 8. The molecule has 1 aliphatic carbocycles. The van der Waals surface area contributed by atoms with Crippen molar-refractivity contribution in [1.82, 2.24) is 13.9 Å². The third kappa shape index (κ3) is 4.19. The summed E-state index contributed by atoms with van der Waals surface area (Å²) in [6.07, 6.45) is 12.4. The predicted molar refractivity (Wildman–Crippen MR) is 119 cm³/mol. The van der Waals surface area contributed by atoms with Crippen LogP contribution in [0, 0.1) is 5.41 Å². The van der Waals surface area contributed by atoms with Crippen molar-refractivity contribution in [3.05, 3.63) is 35.5 Å². The summed E-state index contributed by atoms with van der Waals surface area (Å²) in [5, 5.41) is 0. The topological polar surface area (TPSA) is 96.0 Å². The van der Waals surface area contributed by atoms with Crippen LogP contribution in [0.25, 0.3) is 0 Å². The third-order valence-electron chi connectivity index (χ3n) is 6.89. The molecule has 4 aliphatic rings. The van der Waals surface area contributed by atoms with E-state index in [0.29, 0.717) is 6.42 Å². The Hall–Kier alpha value is -1.36. The first-order chi connectivity index (χ1) is 14.7. The Bertz CT molecular complexity index is 1020. The van der Waals surface area contributed by atoms with Crippen molar-refractivity contribution in [2.75, 3.05) is 24.6 Å². The molecule has 1 saturated heterocycles. The average Bonchev–Trinajstić information content (AvgIpc) is 3.14. The van der Waals surface area contributed by atoms with E-state index in [1.807, 2.05) is 0 Å². The lowest BCUT2D eigenvalue weighted by Crippen LogP contribution is -2.45. The standard InChI is InChI=1S/C21H33N3O5S2/c1-3-30(25,26)22-12-14-24(31(27,28)4-2)19-15-21-11-7-5-9-17(21)16-23-13-8-6-10-18(23)20(21)29-19/h8,13,16,19,22H,3-7,9-12,14-15H2,1-2H3. The second-order valence-electron chi connectivity index (χ2n) is 8.64. The minimum absolute atomic E-state index is 0.0335. The number of hydrogen-bond donors (Lipinski definition) is 1. The molecule has 2 unspecified atom stereocenters. The molecule has 8 nitrogen and oxygen atoms in total. The van der Waals surface area contributed by atoms with Crippen molar-refractivity contribution >= 4 is 20.0 Å². The molecule has 1 N–H and O–H groups in total. The molecule has 0 aromatic carbocycles. The minimum Gasteiger partial charge on any atom is -0.476 e. The molecule has 2 atom stereocenters. The summed E-state index contributed by atoms with van der Waals surface area (Å²) in [6.45, 7) is 3.26. The summed E-state index contributed by atoms with van der Waals surface area (Å²) >= 11 is 0. The second-order valence-corrected chi connectivity index (χ2v) is 12.9. The molecule has 0 radical (unpaired) electrons. The van der Waals surface area contributed by atoms with Crippen molar-refractivity contribution in [3.63, 3.8) is 0 Å². The molecule has 2 fully saturated rings. The molecule has 0 amide bonds. The first-order valence-corrected chi connectivity index (χ1v) is 14.5. The Labute approximate surface area is 186 Å². The van der Waals surface area contributed by atoms with E-state index >= 15 is 0 Å². The molecule has 0 aromatic rings. The van der Waals surface area contributed by atoms with Gasteiger partial charge in [0.2, 0.25) is 20.0 Å². The van der Waals surface area contributed by atoms with Gasteiger partial charge >= 0.3 is 0 Å². The van der Waals surface area contributed by atoms with Crippen molar-refractivity contribution < 1.29 is 21.6 Å². The zero-order chi connectivity index (χ0) is 22.3. The van der Waals surface area contributed by atoms with Gasteiger partial charge in [-0.1, -0.05) is 12.5 Å². The molecule has 31 heavy (non-hydrogen) atoms. The van der Waals surface area contributed by atoms with E-state index in [1.54, 1.807) is 13.8 Å². The molecule has 1 saturated carbocycles. The van der Waals surface area contributed by atoms with Crippen LogP contribution >= 0.6 is 0 Å². The predicted octanol–water partition coefficient (Wildman–Crippen LogP) is 2.60. The Morgan fingerprint density at radius 1 is 1.19 bits per heavy atom. The number of allylic oxidation sites excluding steroid dienone is 3. The maximum Gasteiger partial charge on any atom is 0.216 e. The van der Waals surface area contributed by atoms with Crippen LogP contribution in [0.15, 0.2) is 35.5 Å². The maximum absolute atomic E-state index is 13.0. The van der Waals surface area contributed by atoms with Gasteiger partial charge < -0.3 is 9.64 Å². The van der Waals surface area contributed by atoms with E-state index < -0.39 is 26.3 Å². The SMILES string of the molecule is CCS(=O)(=O)NCCN(C1CC23CCCCC2=CN2C=CCCC2=C3O1)S(=O)(=O)CC. The fourth-order valence-corrected chi connectivity index (χ4v) is 6.98. The number of nitrogens with zero attached hydrogens (tertiary/aromatic N) is 2. The Morgan fingerprint density at radius 2 is 2.00 bits per heavy atom. The van der Waals surface area contributed by atoms with Crippen molar-refractivity contribution in [2.45, 2.75) is 65.0 Å². The van der Waals surface area contributed by atoms with Crippen LogP contribution in [0.2, 0.25) is 0 Å². The Morgan fingerprint density at radius 3 is 2.74 bits per heavy atom. The highest BCUT2D eigenvalue weighted by atomic mass is 32.2. The first kappa shape index (κ1) is 22.8. The number of ether oxygens (including phenoxy) is 1. The summed E-state index contributed by atoms with van der Waals surface area (Å²) in [4.78, 5) is 2.15. The zero-order valence-electron chi connectivity index (χ0n) is 18.3. The van der Waals surface area contributed by atoms with Crippen LogP contribution in [0.4, 0.5) is 0 Å². The molecule has 174 valence electrons. The van der Waals surface area contributed by atoms with Crippen LogP contribution in [-0.2, 0) is 24.8 Å². The van der Waals surface area contributed by atoms with Gasteiger partial charge in [-0.3, -0.25) is 0 Å². The second kappa shape index (κ2) is 8.53. The lowest BCUT2D eigenvalue weighted by atomic mass is 9.66. The summed E-state index contributed by atoms with van der Waals surface area (Å²) in [5.74, 6) is 0.846. The van der Waals surface area contributed by atoms with Crippen molar-refractivity contribution in [3.8, 4) is 0 Å². The Balaban J connectivity index is 1.65. The zero-order valence-corrected chi connectivity index (χ0v) is 20.0. The van der Waals surface area contributed by atoms with Gasteiger partial charge in [0.15, 0.2) is 6.23 Å². The van der Waals surface area contributed by atoms with Gasteiger partial charge in [0.1, 0.15) is 5.76 Å². The van der Waals surface area contributed by atoms with Crippen LogP contribution < -0.4 is 4.72 Å². The largest absolute Gasteiger partial charge is 0.476 e. The number of sulfonamides is 2. The summed E-state index contributed by atoms with van der Waals surface area (Å²) in [7, 11) is -6.97. The van der Waals surface area contributed by atoms with Crippen LogP contribution in [-0.4, -0.2) is 56.9 Å². The van der Waals surface area contributed by atoms with Gasteiger partial charge in [0.05, 0.1) is 22.6 Å². The van der Waals surface area contributed by atoms with Gasteiger partial charge in [-0.15, -0.1) is 0 Å². The van der Waals surface area contributed by atoms with Crippen LogP contribution in [0.1, 0.15) is 58.8 Å². The normalized spacial score (nSPS) is 28.2. The molecule has 0 aromatic heterocycles. The highest BCUT2D eigenvalue weighted by molar-refractivity contribution is 7.89. The number of fused-ring (bicyclic) bond motifs is 1. The first-order valence-electron chi connectivity index (χ1n) is 11.3. The van der Waals surface area contributed by atoms with Gasteiger partial charge in [-0.25, -0.2) is 21.6 Å². The van der Waals surface area contributed by atoms with E-state index in [9.17, 15) is 16.8 Å². The average molecular weight is 472 g/mol. The Kier molecular flexibility index (Phi) is 6.28.